The predicted octanol–water partition coefficient (Wildman–Crippen LogP) is 6.15. The Morgan fingerprint density at radius 3 is 2.30 bits per heavy atom. The lowest BCUT2D eigenvalue weighted by Gasteiger charge is -2.18. The Kier molecular flexibility index (Phi) is 8.44. The second-order valence-corrected chi connectivity index (χ2v) is 14.8. The number of fused-ring (bicyclic) bond motifs is 4. The highest BCUT2D eigenvalue weighted by Gasteiger charge is 2.30. The Labute approximate surface area is 260 Å². The lowest BCUT2D eigenvalue weighted by Crippen LogP contribution is -2.36. The molecule has 2 N–H and O–H groups in total. The Morgan fingerprint density at radius 1 is 0.795 bits per heavy atom. The first-order chi connectivity index (χ1) is 21.1. The van der Waals surface area contributed by atoms with Crippen LogP contribution in [-0.2, 0) is 26.8 Å². The Morgan fingerprint density at radius 2 is 1.52 bits per heavy atom. The molecule has 0 spiro atoms. The molecular weight excluding hydrogens is 621 g/mol. The molecule has 0 amide bonds. The van der Waals surface area contributed by atoms with Crippen molar-refractivity contribution in [3.63, 3.8) is 0 Å². The van der Waals surface area contributed by atoms with Crippen LogP contribution < -0.4 is 14.2 Å². The van der Waals surface area contributed by atoms with Gasteiger partial charge < -0.3 is 9.64 Å². The zero-order valence-corrected chi connectivity index (χ0v) is 26.1. The van der Waals surface area contributed by atoms with E-state index in [4.69, 9.17) is 4.74 Å². The summed E-state index contributed by atoms with van der Waals surface area (Å²) in [6.07, 6.45) is 2.91. The summed E-state index contributed by atoms with van der Waals surface area (Å²) in [5, 5.41) is 2.92. The summed E-state index contributed by atoms with van der Waals surface area (Å²) in [4.78, 5) is 2.01. The van der Waals surface area contributed by atoms with Gasteiger partial charge in [0.15, 0.2) is 12.3 Å². The molecule has 1 aliphatic heterocycles. The molecule has 0 saturated heterocycles. The minimum atomic E-state index is -4.12. The molecule has 0 saturated carbocycles. The zero-order valence-electron chi connectivity index (χ0n) is 23.7. The lowest BCUT2D eigenvalue weighted by atomic mass is 10.0. The fourth-order valence-electron chi connectivity index (χ4n) is 5.52. The highest BCUT2D eigenvalue weighted by Crippen LogP contribution is 2.42. The van der Waals surface area contributed by atoms with Gasteiger partial charge in [0.25, 0.3) is 25.2 Å². The van der Waals surface area contributed by atoms with Crippen LogP contribution in [-0.4, -0.2) is 44.0 Å². The summed E-state index contributed by atoms with van der Waals surface area (Å²) in [6, 6.07) is 28.0. The number of aromatic nitrogens is 1. The van der Waals surface area contributed by atoms with Gasteiger partial charge >= 0.3 is 0 Å². The molecule has 228 valence electrons. The summed E-state index contributed by atoms with van der Waals surface area (Å²) in [7, 11) is -8.19. The predicted molar refractivity (Wildman–Crippen MR) is 174 cm³/mol. The standard InChI is InChI=1S/C32H30N2O7S3/c35-43(36,37)19-7-6-17-33-27-21-25(23-9-2-1-3-10-23)13-15-28(27)41-30(33)22-31-34(18-8-20-44(38,39)40)32-26-12-5-4-11-24(26)14-16-29(32)42-31/h1-5,9-16,21-22H,6-8,17-20H2,(H-,35,36,37,38,39,40)/p+1. The van der Waals surface area contributed by atoms with Gasteiger partial charge in [0.05, 0.1) is 28.7 Å². The number of aryl methyl sites for hydroxylation is 1. The average molecular weight is 652 g/mol. The van der Waals surface area contributed by atoms with Crippen molar-refractivity contribution in [3.8, 4) is 16.9 Å². The number of nitrogens with zero attached hydrogens (tertiary/aromatic N) is 2. The third-order valence-electron chi connectivity index (χ3n) is 7.52. The number of anilines is 1. The second-order valence-electron chi connectivity index (χ2n) is 10.6. The van der Waals surface area contributed by atoms with Crippen molar-refractivity contribution in [2.24, 2.45) is 0 Å². The minimum absolute atomic E-state index is 0.218. The van der Waals surface area contributed by atoms with Crippen molar-refractivity contribution in [2.45, 2.75) is 25.8 Å². The quantitative estimate of drug-likeness (QED) is 0.0990. The summed E-state index contributed by atoms with van der Waals surface area (Å²) in [6.45, 7) is 0.801. The maximum absolute atomic E-state index is 11.5. The monoisotopic (exact) mass is 651 g/mol. The highest BCUT2D eigenvalue weighted by molar-refractivity contribution is 7.86. The molecule has 6 rings (SSSR count). The molecule has 1 aliphatic rings. The number of rotatable bonds is 11. The molecule has 12 heteroatoms. The van der Waals surface area contributed by atoms with Crippen molar-refractivity contribution < 1.29 is 35.2 Å². The Hall–Kier alpha value is -3.81. The number of ether oxygens (including phenoxy) is 1. The van der Waals surface area contributed by atoms with Crippen molar-refractivity contribution in [3.05, 3.63) is 95.8 Å². The van der Waals surface area contributed by atoms with Crippen LogP contribution in [0.5, 0.6) is 5.75 Å². The maximum atomic E-state index is 11.5. The van der Waals surface area contributed by atoms with Crippen LogP contribution in [0, 0.1) is 0 Å². The third kappa shape index (κ3) is 6.79. The fraction of sp³-hybridized carbons (Fsp3) is 0.219. The Balaban J connectivity index is 1.43. The molecule has 9 nitrogen and oxygen atoms in total. The van der Waals surface area contributed by atoms with E-state index >= 15 is 0 Å². The SMILES string of the molecule is O=S(=O)(O)CCCCN1C(=Cc2sc3ccc4ccccc4c3[n+]2CCCS(=O)(=O)O)Oc2ccc(-c3ccccc3)cc21. The van der Waals surface area contributed by atoms with E-state index in [2.05, 4.69) is 10.6 Å². The number of hydrogen-bond acceptors (Lipinski definition) is 7. The normalized spacial score (nSPS) is 14.4. The first kappa shape index (κ1) is 30.2. The largest absolute Gasteiger partial charge is 0.438 e. The molecular formula is C32H31N2O7S3+. The third-order valence-corrected chi connectivity index (χ3v) is 10.2. The van der Waals surface area contributed by atoms with Gasteiger partial charge in [0, 0.05) is 13.0 Å². The smallest absolute Gasteiger partial charge is 0.268 e. The van der Waals surface area contributed by atoms with Gasteiger partial charge in [-0.05, 0) is 53.6 Å². The molecule has 0 radical (unpaired) electrons. The minimum Gasteiger partial charge on any atom is -0.438 e. The Bertz CT molecular complexity index is 2090. The van der Waals surface area contributed by atoms with E-state index in [1.54, 1.807) is 11.3 Å². The fourth-order valence-corrected chi connectivity index (χ4v) is 7.71. The molecule has 44 heavy (non-hydrogen) atoms. The van der Waals surface area contributed by atoms with Crippen LogP contribution >= 0.6 is 11.3 Å². The number of unbranched alkanes of at least 4 members (excludes halogenated alkanes) is 1. The molecule has 0 aliphatic carbocycles. The molecule has 5 aromatic rings. The van der Waals surface area contributed by atoms with Crippen LogP contribution in [0.1, 0.15) is 24.3 Å². The van der Waals surface area contributed by atoms with Gasteiger partial charge in [-0.2, -0.15) is 21.4 Å². The van der Waals surface area contributed by atoms with E-state index in [9.17, 15) is 25.9 Å². The van der Waals surface area contributed by atoms with Gasteiger partial charge in [-0.3, -0.25) is 9.11 Å². The summed E-state index contributed by atoms with van der Waals surface area (Å²) < 4.78 is 73.9. The molecule has 0 unspecified atom stereocenters. The number of benzene rings is 4. The summed E-state index contributed by atoms with van der Waals surface area (Å²) in [5.41, 5.74) is 3.86. The van der Waals surface area contributed by atoms with E-state index in [0.717, 1.165) is 42.8 Å². The molecule has 4 aromatic carbocycles. The van der Waals surface area contributed by atoms with Gasteiger partial charge in [0.1, 0.15) is 4.70 Å². The van der Waals surface area contributed by atoms with Crippen molar-refractivity contribution >= 4 is 64.3 Å². The van der Waals surface area contributed by atoms with Crippen LogP contribution in [0.25, 0.3) is 38.2 Å². The van der Waals surface area contributed by atoms with Gasteiger partial charge in [-0.1, -0.05) is 72.0 Å². The molecule has 0 fully saturated rings. The van der Waals surface area contributed by atoms with E-state index < -0.39 is 20.2 Å². The maximum Gasteiger partial charge on any atom is 0.268 e. The van der Waals surface area contributed by atoms with Crippen LogP contribution in [0.4, 0.5) is 5.69 Å². The highest BCUT2D eigenvalue weighted by atomic mass is 32.2. The van der Waals surface area contributed by atoms with E-state index in [-0.39, 0.29) is 24.3 Å². The first-order valence-corrected chi connectivity index (χ1v) is 18.2. The molecule has 1 aromatic heterocycles. The topological polar surface area (TPSA) is 125 Å². The van der Waals surface area contributed by atoms with Crippen molar-refractivity contribution in [1.29, 1.82) is 0 Å². The average Bonchev–Trinajstić information content (AvgIpc) is 3.51. The zero-order chi connectivity index (χ0) is 30.9. The lowest BCUT2D eigenvalue weighted by molar-refractivity contribution is -0.667. The molecule has 0 bridgehead atoms. The second kappa shape index (κ2) is 12.3. The van der Waals surface area contributed by atoms with Crippen LogP contribution in [0.2, 0.25) is 0 Å². The van der Waals surface area contributed by atoms with Gasteiger partial charge in [-0.25, -0.2) is 0 Å². The van der Waals surface area contributed by atoms with E-state index in [1.165, 1.54) is 0 Å². The van der Waals surface area contributed by atoms with Crippen molar-refractivity contribution in [2.75, 3.05) is 23.0 Å². The molecule has 2 heterocycles. The van der Waals surface area contributed by atoms with Gasteiger partial charge in [0.2, 0.25) is 11.4 Å². The van der Waals surface area contributed by atoms with E-state index in [0.29, 0.717) is 31.1 Å². The number of hydrogen-bond donors (Lipinski definition) is 2. The summed E-state index contributed by atoms with van der Waals surface area (Å²) >= 11 is 1.55. The first-order valence-electron chi connectivity index (χ1n) is 14.2. The number of thiazole rings is 1. The van der Waals surface area contributed by atoms with Crippen LogP contribution in [0.15, 0.2) is 90.8 Å². The van der Waals surface area contributed by atoms with E-state index in [1.807, 2.05) is 89.8 Å². The van der Waals surface area contributed by atoms with Gasteiger partial charge in [-0.15, -0.1) is 0 Å². The van der Waals surface area contributed by atoms with Crippen LogP contribution in [0.3, 0.4) is 0 Å². The van der Waals surface area contributed by atoms with Crippen molar-refractivity contribution in [1.82, 2.24) is 0 Å². The summed E-state index contributed by atoms with van der Waals surface area (Å²) in [5.74, 6) is 0.531. The molecule has 0 atom stereocenters.